The number of nitrogens with zero attached hydrogens (tertiary/aromatic N) is 3. The lowest BCUT2D eigenvalue weighted by molar-refractivity contribution is -0.117. The van der Waals surface area contributed by atoms with Gasteiger partial charge in [-0.25, -0.2) is 9.80 Å². The zero-order chi connectivity index (χ0) is 15.6. The zero-order valence-corrected chi connectivity index (χ0v) is 13.4. The molecule has 0 unspecified atom stereocenters. The molecule has 0 bridgehead atoms. The number of furan rings is 1. The summed E-state index contributed by atoms with van der Waals surface area (Å²) in [5.74, 6) is 0.552. The van der Waals surface area contributed by atoms with Crippen molar-refractivity contribution in [3.05, 3.63) is 24.2 Å². The van der Waals surface area contributed by atoms with E-state index in [0.717, 1.165) is 0 Å². The summed E-state index contributed by atoms with van der Waals surface area (Å²) in [6.07, 6.45) is 2.29. The van der Waals surface area contributed by atoms with Crippen LogP contribution in [0.25, 0.3) is 0 Å². The summed E-state index contributed by atoms with van der Waals surface area (Å²) >= 11 is 6.64. The maximum Gasteiger partial charge on any atom is 0.343 e. The summed E-state index contributed by atoms with van der Waals surface area (Å²) in [7, 11) is 1.44. The smallest absolute Gasteiger partial charge is 0.343 e. The lowest BCUT2D eigenvalue weighted by Gasteiger charge is -2.33. The molecule has 7 nitrogen and oxygen atoms in total. The molecule has 2 heterocycles. The molecular formula is C12H16N4O3S2. The summed E-state index contributed by atoms with van der Waals surface area (Å²) in [5.41, 5.74) is 0. The average molecular weight is 328 g/mol. The van der Waals surface area contributed by atoms with Crippen LogP contribution in [0.15, 0.2) is 27.9 Å². The maximum atomic E-state index is 11.7. The van der Waals surface area contributed by atoms with E-state index in [9.17, 15) is 10.0 Å². The number of hydrogen-bond donors (Lipinski definition) is 2. The van der Waals surface area contributed by atoms with Gasteiger partial charge < -0.3 is 9.73 Å². The Bertz CT molecular complexity index is 559. The molecule has 114 valence electrons. The first-order valence-electron chi connectivity index (χ1n) is 6.16. The molecule has 0 spiro atoms. The van der Waals surface area contributed by atoms with Crippen LogP contribution in [0.4, 0.5) is 4.79 Å². The molecule has 1 fully saturated rings. The first-order chi connectivity index (χ1) is 9.86. The van der Waals surface area contributed by atoms with E-state index in [2.05, 4.69) is 10.4 Å². The largest absolute Gasteiger partial charge is 0.463 e. The van der Waals surface area contributed by atoms with Gasteiger partial charge in [0, 0.05) is 7.05 Å². The van der Waals surface area contributed by atoms with Gasteiger partial charge in [-0.3, -0.25) is 5.21 Å². The van der Waals surface area contributed by atoms with Gasteiger partial charge in [-0.2, -0.15) is 10.2 Å². The maximum absolute atomic E-state index is 11.7. The van der Waals surface area contributed by atoms with Crippen LogP contribution in [0.1, 0.15) is 19.6 Å². The van der Waals surface area contributed by atoms with Gasteiger partial charge in [0.2, 0.25) is 0 Å². The Labute approximate surface area is 131 Å². The Kier molecular flexibility index (Phi) is 4.55. The van der Waals surface area contributed by atoms with Gasteiger partial charge in [0.1, 0.15) is 5.76 Å². The Morgan fingerprint density at radius 1 is 1.71 bits per heavy atom. The molecule has 1 aromatic rings. The predicted molar refractivity (Wildman–Crippen MR) is 84.3 cm³/mol. The quantitative estimate of drug-likeness (QED) is 0.383. The highest BCUT2D eigenvalue weighted by Crippen LogP contribution is 2.42. The van der Waals surface area contributed by atoms with Crippen LogP contribution in [0.2, 0.25) is 0 Å². The number of thioether (sulfide) groups is 1. The number of hydrogen-bond acceptors (Lipinski definition) is 6. The summed E-state index contributed by atoms with van der Waals surface area (Å²) < 4.78 is 5.12. The molecule has 1 saturated heterocycles. The fraction of sp³-hybridized carbons (Fsp3) is 0.417. The summed E-state index contributed by atoms with van der Waals surface area (Å²) in [6, 6.07) is 2.85. The van der Waals surface area contributed by atoms with Gasteiger partial charge in [-0.1, -0.05) is 24.0 Å². The lowest BCUT2D eigenvalue weighted by atomic mass is 10.1. The monoisotopic (exact) mass is 328 g/mol. The third-order valence-electron chi connectivity index (χ3n) is 2.90. The van der Waals surface area contributed by atoms with Crippen molar-refractivity contribution >= 4 is 40.5 Å². The summed E-state index contributed by atoms with van der Waals surface area (Å²) in [6.45, 7) is 3.76. The second-order valence-corrected chi connectivity index (χ2v) is 7.14. The van der Waals surface area contributed by atoms with E-state index in [1.54, 1.807) is 12.1 Å². The van der Waals surface area contributed by atoms with Crippen molar-refractivity contribution < 1.29 is 14.4 Å². The van der Waals surface area contributed by atoms with Crippen LogP contribution >= 0.6 is 24.0 Å². The number of nitrogens with one attached hydrogen (secondary N) is 1. The zero-order valence-electron chi connectivity index (χ0n) is 11.8. The number of rotatable bonds is 3. The molecule has 0 aromatic carbocycles. The van der Waals surface area contributed by atoms with Gasteiger partial charge in [-0.05, 0) is 26.0 Å². The minimum atomic E-state index is -0.721. The summed E-state index contributed by atoms with van der Waals surface area (Å²) in [4.78, 5) is 11.7. The van der Waals surface area contributed by atoms with Crippen molar-refractivity contribution in [2.24, 2.45) is 5.10 Å². The van der Waals surface area contributed by atoms with Crippen molar-refractivity contribution in [2.45, 2.75) is 24.8 Å². The number of carbonyl (C=O) groups excluding carboxylic acids is 1. The van der Waals surface area contributed by atoms with Crippen LogP contribution in [-0.4, -0.2) is 49.8 Å². The van der Waals surface area contributed by atoms with Crippen LogP contribution in [0.5, 0.6) is 0 Å². The van der Waals surface area contributed by atoms with Crippen LogP contribution in [0, 0.1) is 0 Å². The SMILES string of the molecule is CNC(=O)N(O)[C@@H]1N(/N=C\c2ccco2)C(=S)SC1(C)C. The molecule has 2 amide bonds. The minimum absolute atomic E-state index is 0.468. The Morgan fingerprint density at radius 3 is 3.00 bits per heavy atom. The Morgan fingerprint density at radius 2 is 2.43 bits per heavy atom. The van der Waals surface area contributed by atoms with E-state index in [4.69, 9.17) is 16.6 Å². The number of urea groups is 1. The average Bonchev–Trinajstić information content (AvgIpc) is 3.00. The van der Waals surface area contributed by atoms with Gasteiger partial charge in [0.05, 0.1) is 17.2 Å². The number of hydrazone groups is 1. The van der Waals surface area contributed by atoms with E-state index < -0.39 is 16.9 Å². The number of amides is 2. The van der Waals surface area contributed by atoms with E-state index in [1.807, 2.05) is 13.8 Å². The first kappa shape index (κ1) is 15.8. The Balaban J connectivity index is 2.28. The van der Waals surface area contributed by atoms with Crippen LogP contribution in [-0.2, 0) is 0 Å². The Hall–Kier alpha value is -1.58. The lowest BCUT2D eigenvalue weighted by Crippen LogP contribution is -2.55. The van der Waals surface area contributed by atoms with E-state index in [0.29, 0.717) is 15.1 Å². The molecule has 0 saturated carbocycles. The second kappa shape index (κ2) is 6.04. The molecule has 1 aliphatic heterocycles. The van der Waals surface area contributed by atoms with Crippen LogP contribution in [0.3, 0.4) is 0 Å². The molecule has 2 N–H and O–H groups in total. The highest BCUT2D eigenvalue weighted by molar-refractivity contribution is 8.24. The van der Waals surface area contributed by atoms with Crippen LogP contribution < -0.4 is 5.32 Å². The first-order valence-corrected chi connectivity index (χ1v) is 7.39. The highest BCUT2D eigenvalue weighted by Gasteiger charge is 2.49. The van der Waals surface area contributed by atoms with Gasteiger partial charge in [-0.15, -0.1) is 0 Å². The number of carbonyl (C=O) groups is 1. The van der Waals surface area contributed by atoms with Gasteiger partial charge in [0.25, 0.3) is 0 Å². The fourth-order valence-corrected chi connectivity index (χ4v) is 3.72. The van der Waals surface area contributed by atoms with E-state index in [-0.39, 0.29) is 0 Å². The standard InChI is InChI=1S/C12H16N4O3S2/c1-12(2)9(16(18)10(17)13-3)15(11(20)21-12)14-7-8-5-4-6-19-8/h4-7,9,18H,1-3H3,(H,13,17)/b14-7-/t9-/m0/s1. The molecule has 2 rings (SSSR count). The van der Waals surface area contributed by atoms with Gasteiger partial charge in [0.15, 0.2) is 10.5 Å². The number of thiocarbonyl (C=S) groups is 1. The molecule has 9 heteroatoms. The molecule has 1 atom stereocenters. The van der Waals surface area contributed by atoms with Crippen molar-refractivity contribution in [1.82, 2.24) is 15.4 Å². The van der Waals surface area contributed by atoms with Gasteiger partial charge >= 0.3 is 6.03 Å². The van der Waals surface area contributed by atoms with Crippen molar-refractivity contribution in [1.29, 1.82) is 0 Å². The predicted octanol–water partition coefficient (Wildman–Crippen LogP) is 2.08. The van der Waals surface area contributed by atoms with Crippen molar-refractivity contribution in [3.8, 4) is 0 Å². The number of hydroxylamine groups is 2. The second-order valence-electron chi connectivity index (χ2n) is 4.85. The fourth-order valence-electron chi connectivity index (χ4n) is 1.94. The molecule has 1 aromatic heterocycles. The van der Waals surface area contributed by atoms with Crippen molar-refractivity contribution in [3.63, 3.8) is 0 Å². The normalized spacial score (nSPS) is 21.0. The summed E-state index contributed by atoms with van der Waals surface area (Å²) in [5, 5.41) is 18.7. The van der Waals surface area contributed by atoms with Crippen molar-refractivity contribution in [2.75, 3.05) is 7.05 Å². The van der Waals surface area contributed by atoms with E-state index >= 15 is 0 Å². The molecule has 0 aliphatic carbocycles. The molecule has 0 radical (unpaired) electrons. The molecule has 21 heavy (non-hydrogen) atoms. The molecular weight excluding hydrogens is 312 g/mol. The third kappa shape index (κ3) is 3.20. The molecule has 1 aliphatic rings. The topological polar surface area (TPSA) is 81.3 Å². The highest BCUT2D eigenvalue weighted by atomic mass is 32.2. The third-order valence-corrected chi connectivity index (χ3v) is 4.43. The minimum Gasteiger partial charge on any atom is -0.463 e. The van der Waals surface area contributed by atoms with E-state index in [1.165, 1.54) is 36.3 Å².